The third-order valence-electron chi connectivity index (χ3n) is 3.11. The van der Waals surface area contributed by atoms with Crippen molar-refractivity contribution >= 4 is 16.7 Å². The molecule has 19 heavy (non-hydrogen) atoms. The largest absolute Gasteiger partial charge is 0.288 e. The average molecular weight is 251 g/mol. The number of nitrogens with zero attached hydrogens (tertiary/aromatic N) is 3. The standard InChI is InChI=1S/C15H13N3O/c1-2-18-10-11(9-17-18)15(19)13-7-8-16-14-6-4-3-5-12(13)14/h3-10H,2H2,1H3. The van der Waals surface area contributed by atoms with Crippen molar-refractivity contribution in [3.8, 4) is 0 Å². The van der Waals surface area contributed by atoms with Crippen LogP contribution in [0.15, 0.2) is 48.9 Å². The Kier molecular flexibility index (Phi) is 2.83. The fraction of sp³-hybridized carbons (Fsp3) is 0.133. The monoisotopic (exact) mass is 251 g/mol. The lowest BCUT2D eigenvalue weighted by Crippen LogP contribution is -2.02. The molecule has 1 aromatic carbocycles. The molecule has 2 heterocycles. The van der Waals surface area contributed by atoms with Crippen molar-refractivity contribution in [2.45, 2.75) is 13.5 Å². The summed E-state index contributed by atoms with van der Waals surface area (Å²) in [6.07, 6.45) is 5.05. The van der Waals surface area contributed by atoms with Gasteiger partial charge in [0.2, 0.25) is 0 Å². The number of carbonyl (C=O) groups is 1. The van der Waals surface area contributed by atoms with Crippen molar-refractivity contribution in [3.05, 3.63) is 60.0 Å². The molecule has 0 aliphatic carbocycles. The minimum Gasteiger partial charge on any atom is -0.288 e. The first-order valence-corrected chi connectivity index (χ1v) is 6.20. The molecule has 4 heteroatoms. The topological polar surface area (TPSA) is 47.8 Å². The van der Waals surface area contributed by atoms with E-state index in [1.165, 1.54) is 0 Å². The molecule has 94 valence electrons. The van der Waals surface area contributed by atoms with Gasteiger partial charge in [-0.1, -0.05) is 18.2 Å². The molecule has 3 aromatic rings. The Bertz CT molecular complexity index is 740. The van der Waals surface area contributed by atoms with Crippen LogP contribution in [-0.4, -0.2) is 20.5 Å². The summed E-state index contributed by atoms with van der Waals surface area (Å²) in [5.41, 5.74) is 2.11. The molecule has 0 aliphatic rings. The molecule has 0 aliphatic heterocycles. The Balaban J connectivity index is 2.11. The highest BCUT2D eigenvalue weighted by Gasteiger charge is 2.14. The van der Waals surface area contributed by atoms with E-state index in [0.717, 1.165) is 17.4 Å². The average Bonchev–Trinajstić information content (AvgIpc) is 2.95. The van der Waals surface area contributed by atoms with Gasteiger partial charge in [-0.05, 0) is 19.1 Å². The third kappa shape index (κ3) is 2.01. The Morgan fingerprint density at radius 1 is 1.26 bits per heavy atom. The van der Waals surface area contributed by atoms with E-state index in [2.05, 4.69) is 10.1 Å². The summed E-state index contributed by atoms with van der Waals surface area (Å²) in [5, 5.41) is 5.02. The minimum atomic E-state index is -0.0155. The van der Waals surface area contributed by atoms with Gasteiger partial charge in [-0.3, -0.25) is 14.5 Å². The third-order valence-corrected chi connectivity index (χ3v) is 3.11. The predicted octanol–water partition coefficient (Wildman–Crippen LogP) is 2.68. The van der Waals surface area contributed by atoms with Gasteiger partial charge in [0.15, 0.2) is 5.78 Å². The van der Waals surface area contributed by atoms with Gasteiger partial charge in [0.1, 0.15) is 0 Å². The van der Waals surface area contributed by atoms with E-state index in [9.17, 15) is 4.79 Å². The summed E-state index contributed by atoms with van der Waals surface area (Å²) in [4.78, 5) is 16.8. The Labute approximate surface area is 110 Å². The van der Waals surface area contributed by atoms with Crippen molar-refractivity contribution in [3.63, 3.8) is 0 Å². The first kappa shape index (κ1) is 11.6. The molecule has 0 amide bonds. The molecule has 0 spiro atoms. The van der Waals surface area contributed by atoms with Crippen LogP contribution in [0.2, 0.25) is 0 Å². The lowest BCUT2D eigenvalue weighted by atomic mass is 10.0. The van der Waals surface area contributed by atoms with Crippen LogP contribution in [-0.2, 0) is 6.54 Å². The lowest BCUT2D eigenvalue weighted by molar-refractivity contribution is 0.104. The van der Waals surface area contributed by atoms with Crippen LogP contribution in [0.1, 0.15) is 22.8 Å². The van der Waals surface area contributed by atoms with E-state index in [1.807, 2.05) is 31.2 Å². The number of rotatable bonds is 3. The van der Waals surface area contributed by atoms with Gasteiger partial charge >= 0.3 is 0 Å². The summed E-state index contributed by atoms with van der Waals surface area (Å²) >= 11 is 0. The lowest BCUT2D eigenvalue weighted by Gasteiger charge is -2.03. The van der Waals surface area contributed by atoms with Gasteiger partial charge in [-0.2, -0.15) is 5.10 Å². The first-order chi connectivity index (χ1) is 9.29. The molecule has 0 atom stereocenters. The highest BCUT2D eigenvalue weighted by Crippen LogP contribution is 2.19. The first-order valence-electron chi connectivity index (χ1n) is 6.20. The van der Waals surface area contributed by atoms with Gasteiger partial charge in [-0.25, -0.2) is 0 Å². The van der Waals surface area contributed by atoms with Gasteiger partial charge in [0, 0.05) is 29.9 Å². The molecule has 0 bridgehead atoms. The number of fused-ring (bicyclic) bond motifs is 1. The van der Waals surface area contributed by atoms with Crippen molar-refractivity contribution < 1.29 is 4.79 Å². The number of pyridine rings is 1. The second-order valence-electron chi connectivity index (χ2n) is 4.29. The highest BCUT2D eigenvalue weighted by atomic mass is 16.1. The van der Waals surface area contributed by atoms with Crippen molar-refractivity contribution in [2.75, 3.05) is 0 Å². The smallest absolute Gasteiger partial charge is 0.196 e. The molecule has 4 nitrogen and oxygen atoms in total. The van der Waals surface area contributed by atoms with Crippen molar-refractivity contribution in [1.29, 1.82) is 0 Å². The molecular weight excluding hydrogens is 238 g/mol. The molecule has 0 unspecified atom stereocenters. The van der Waals surface area contributed by atoms with Crippen LogP contribution in [0.25, 0.3) is 10.9 Å². The van der Waals surface area contributed by atoms with Crippen LogP contribution in [0.5, 0.6) is 0 Å². The maximum atomic E-state index is 12.5. The number of aromatic nitrogens is 3. The zero-order chi connectivity index (χ0) is 13.2. The van der Waals surface area contributed by atoms with E-state index < -0.39 is 0 Å². The normalized spacial score (nSPS) is 10.8. The highest BCUT2D eigenvalue weighted by molar-refractivity contribution is 6.15. The number of aryl methyl sites for hydroxylation is 1. The quantitative estimate of drug-likeness (QED) is 0.672. The zero-order valence-electron chi connectivity index (χ0n) is 10.6. The van der Waals surface area contributed by atoms with Crippen LogP contribution in [0.3, 0.4) is 0 Å². The fourth-order valence-corrected chi connectivity index (χ4v) is 2.10. The summed E-state index contributed by atoms with van der Waals surface area (Å²) in [6.45, 7) is 2.74. The maximum absolute atomic E-state index is 12.5. The number of para-hydroxylation sites is 1. The van der Waals surface area contributed by atoms with Crippen LogP contribution in [0.4, 0.5) is 0 Å². The van der Waals surface area contributed by atoms with Gasteiger partial charge in [-0.15, -0.1) is 0 Å². The van der Waals surface area contributed by atoms with Gasteiger partial charge in [0.05, 0.1) is 17.3 Å². The van der Waals surface area contributed by atoms with E-state index in [1.54, 1.807) is 29.3 Å². The van der Waals surface area contributed by atoms with Crippen LogP contribution < -0.4 is 0 Å². The number of carbonyl (C=O) groups excluding carboxylic acids is 1. The Morgan fingerprint density at radius 3 is 2.89 bits per heavy atom. The number of benzene rings is 1. The molecule has 3 rings (SSSR count). The summed E-state index contributed by atoms with van der Waals surface area (Å²) in [7, 11) is 0. The van der Waals surface area contributed by atoms with E-state index >= 15 is 0 Å². The Morgan fingerprint density at radius 2 is 2.11 bits per heavy atom. The molecule has 0 radical (unpaired) electrons. The predicted molar refractivity (Wildman–Crippen MR) is 73.1 cm³/mol. The van der Waals surface area contributed by atoms with E-state index in [0.29, 0.717) is 11.1 Å². The molecule has 0 saturated carbocycles. The fourth-order valence-electron chi connectivity index (χ4n) is 2.10. The Hall–Kier alpha value is -2.49. The van der Waals surface area contributed by atoms with Gasteiger partial charge < -0.3 is 0 Å². The molecule has 0 saturated heterocycles. The summed E-state index contributed by atoms with van der Waals surface area (Å²) in [5.74, 6) is -0.0155. The summed E-state index contributed by atoms with van der Waals surface area (Å²) < 4.78 is 1.75. The van der Waals surface area contributed by atoms with E-state index in [-0.39, 0.29) is 5.78 Å². The van der Waals surface area contributed by atoms with Crippen molar-refractivity contribution in [1.82, 2.24) is 14.8 Å². The SMILES string of the molecule is CCn1cc(C(=O)c2ccnc3ccccc23)cn1. The zero-order valence-corrected chi connectivity index (χ0v) is 10.6. The second-order valence-corrected chi connectivity index (χ2v) is 4.29. The number of ketones is 1. The molecule has 0 fully saturated rings. The van der Waals surface area contributed by atoms with Gasteiger partial charge in [0.25, 0.3) is 0 Å². The molecule has 0 N–H and O–H groups in total. The summed E-state index contributed by atoms with van der Waals surface area (Å²) in [6, 6.07) is 9.41. The van der Waals surface area contributed by atoms with Crippen LogP contribution in [0, 0.1) is 0 Å². The van der Waals surface area contributed by atoms with Crippen molar-refractivity contribution in [2.24, 2.45) is 0 Å². The molecule has 2 aromatic heterocycles. The minimum absolute atomic E-state index is 0.0155. The maximum Gasteiger partial charge on any atom is 0.196 e. The van der Waals surface area contributed by atoms with Crippen LogP contribution >= 0.6 is 0 Å². The number of hydrogen-bond acceptors (Lipinski definition) is 3. The van der Waals surface area contributed by atoms with E-state index in [4.69, 9.17) is 0 Å². The second kappa shape index (κ2) is 4.65. The number of hydrogen-bond donors (Lipinski definition) is 0. The molecular formula is C15H13N3O.